The van der Waals surface area contributed by atoms with Crippen molar-refractivity contribution >= 4 is 27.1 Å². The van der Waals surface area contributed by atoms with Crippen molar-refractivity contribution in [1.82, 2.24) is 5.16 Å². The zero-order chi connectivity index (χ0) is 22.0. The minimum absolute atomic E-state index is 0.0869. The van der Waals surface area contributed by atoms with Crippen LogP contribution in [0, 0.1) is 18.2 Å². The smallest absolute Gasteiger partial charge is 0.277 e. The third kappa shape index (κ3) is 4.90. The quantitative estimate of drug-likeness (QED) is 0.621. The standard InChI is InChI=1S/C20H26FN3O4S/c1-6-18(22)20(4,5)29(26,27)11-12(2)15-10-14(7-8-16(15)21)23-19(25)17-9-13(3)28-24-17/h7-10,12,22H,6,11H2,1-5H3,(H,23,25). The first-order valence-corrected chi connectivity index (χ1v) is 10.9. The molecule has 0 fully saturated rings. The summed E-state index contributed by atoms with van der Waals surface area (Å²) < 4.78 is 43.6. The largest absolute Gasteiger partial charge is 0.361 e. The van der Waals surface area contributed by atoms with Gasteiger partial charge in [-0.05, 0) is 56.9 Å². The van der Waals surface area contributed by atoms with E-state index in [-0.39, 0.29) is 22.7 Å². The van der Waals surface area contributed by atoms with Gasteiger partial charge in [-0.15, -0.1) is 0 Å². The third-order valence-corrected chi connectivity index (χ3v) is 7.71. The molecule has 0 spiro atoms. The highest BCUT2D eigenvalue weighted by Gasteiger charge is 2.38. The van der Waals surface area contributed by atoms with Gasteiger partial charge in [-0.2, -0.15) is 0 Å². The van der Waals surface area contributed by atoms with Crippen LogP contribution in [0.15, 0.2) is 28.8 Å². The number of rotatable bonds is 8. The van der Waals surface area contributed by atoms with Gasteiger partial charge in [0.05, 0.1) is 5.75 Å². The normalized spacial score (nSPS) is 13.2. The average molecular weight is 424 g/mol. The number of aromatic nitrogens is 1. The van der Waals surface area contributed by atoms with Crippen molar-refractivity contribution in [2.45, 2.75) is 51.7 Å². The molecule has 0 aliphatic heterocycles. The van der Waals surface area contributed by atoms with Crippen LogP contribution in [0.2, 0.25) is 0 Å². The zero-order valence-corrected chi connectivity index (χ0v) is 18.0. The second kappa shape index (κ2) is 8.44. The predicted octanol–water partition coefficient (Wildman–Crippen LogP) is 4.10. The molecule has 0 radical (unpaired) electrons. The highest BCUT2D eigenvalue weighted by molar-refractivity contribution is 7.93. The van der Waals surface area contributed by atoms with Gasteiger partial charge in [-0.25, -0.2) is 12.8 Å². The number of sulfone groups is 1. The number of benzene rings is 1. The molecule has 0 aliphatic carbocycles. The van der Waals surface area contributed by atoms with Crippen molar-refractivity contribution in [3.63, 3.8) is 0 Å². The fraction of sp³-hybridized carbons (Fsp3) is 0.450. The molecule has 0 bridgehead atoms. The number of carbonyl (C=O) groups excluding carboxylic acids is 1. The molecule has 1 amide bonds. The molecule has 7 nitrogen and oxygen atoms in total. The first kappa shape index (κ1) is 22.7. The molecule has 1 atom stereocenters. The van der Waals surface area contributed by atoms with Crippen molar-refractivity contribution in [1.29, 1.82) is 5.41 Å². The highest BCUT2D eigenvalue weighted by Crippen LogP contribution is 2.29. The van der Waals surface area contributed by atoms with Gasteiger partial charge in [0.25, 0.3) is 5.91 Å². The van der Waals surface area contributed by atoms with Gasteiger partial charge in [0, 0.05) is 17.5 Å². The Labute approximate surface area is 170 Å². The average Bonchev–Trinajstić information content (AvgIpc) is 3.08. The first-order chi connectivity index (χ1) is 13.4. The van der Waals surface area contributed by atoms with E-state index in [2.05, 4.69) is 10.5 Å². The highest BCUT2D eigenvalue weighted by atomic mass is 32.2. The number of halogens is 1. The number of aryl methyl sites for hydroxylation is 1. The van der Waals surface area contributed by atoms with Crippen molar-refractivity contribution in [3.8, 4) is 0 Å². The van der Waals surface area contributed by atoms with Gasteiger partial charge in [-0.3, -0.25) is 4.79 Å². The molecule has 158 valence electrons. The number of nitrogens with zero attached hydrogens (tertiary/aromatic N) is 1. The van der Waals surface area contributed by atoms with Gasteiger partial charge in [-0.1, -0.05) is 19.0 Å². The number of hydrogen-bond acceptors (Lipinski definition) is 6. The number of hydrogen-bond donors (Lipinski definition) is 2. The summed E-state index contributed by atoms with van der Waals surface area (Å²) in [4.78, 5) is 12.2. The van der Waals surface area contributed by atoms with Crippen LogP contribution < -0.4 is 5.32 Å². The lowest BCUT2D eigenvalue weighted by Crippen LogP contribution is -2.42. The Morgan fingerprint density at radius 1 is 1.34 bits per heavy atom. The second-order valence-corrected chi connectivity index (χ2v) is 10.1. The van der Waals surface area contributed by atoms with Gasteiger partial charge >= 0.3 is 0 Å². The molecule has 0 saturated carbocycles. The Balaban J connectivity index is 2.24. The van der Waals surface area contributed by atoms with Crippen LogP contribution in [0.3, 0.4) is 0 Å². The van der Waals surface area contributed by atoms with E-state index in [0.29, 0.717) is 17.9 Å². The van der Waals surface area contributed by atoms with Crippen LogP contribution in [0.1, 0.15) is 61.8 Å². The second-order valence-electron chi connectivity index (χ2n) is 7.54. The van der Waals surface area contributed by atoms with E-state index in [1.54, 1.807) is 20.8 Å². The molecule has 0 saturated heterocycles. The number of amides is 1. The van der Waals surface area contributed by atoms with Gasteiger partial charge < -0.3 is 15.2 Å². The van der Waals surface area contributed by atoms with E-state index in [0.717, 1.165) is 0 Å². The molecule has 2 rings (SSSR count). The van der Waals surface area contributed by atoms with Crippen molar-refractivity contribution in [2.75, 3.05) is 11.1 Å². The van der Waals surface area contributed by atoms with Crippen molar-refractivity contribution < 1.29 is 22.1 Å². The van der Waals surface area contributed by atoms with E-state index in [9.17, 15) is 17.6 Å². The molecule has 1 heterocycles. The Morgan fingerprint density at radius 3 is 2.55 bits per heavy atom. The van der Waals surface area contributed by atoms with E-state index in [1.807, 2.05) is 0 Å². The van der Waals surface area contributed by atoms with Gasteiger partial charge in [0.1, 0.15) is 16.3 Å². The fourth-order valence-corrected chi connectivity index (χ4v) is 4.68. The SMILES string of the molecule is CCC(=N)C(C)(C)S(=O)(=O)CC(C)c1cc(NC(=O)c2cc(C)on2)ccc1F. The zero-order valence-electron chi connectivity index (χ0n) is 17.2. The maximum atomic E-state index is 14.4. The lowest BCUT2D eigenvalue weighted by Gasteiger charge is -2.27. The molecule has 29 heavy (non-hydrogen) atoms. The van der Waals surface area contributed by atoms with Crippen LogP contribution in [0.25, 0.3) is 0 Å². The predicted molar refractivity (Wildman–Crippen MR) is 110 cm³/mol. The number of anilines is 1. The molecule has 1 aromatic carbocycles. The van der Waals surface area contributed by atoms with Crippen LogP contribution in [-0.4, -0.2) is 35.7 Å². The Morgan fingerprint density at radius 2 is 2.00 bits per heavy atom. The van der Waals surface area contributed by atoms with E-state index in [4.69, 9.17) is 9.93 Å². The Hall–Kier alpha value is -2.55. The lowest BCUT2D eigenvalue weighted by molar-refractivity contribution is 0.101. The summed E-state index contributed by atoms with van der Waals surface area (Å²) in [5, 5.41) is 14.2. The molecule has 1 aromatic heterocycles. The maximum Gasteiger partial charge on any atom is 0.277 e. The topological polar surface area (TPSA) is 113 Å². The maximum absolute atomic E-state index is 14.4. The molecule has 2 aromatic rings. The van der Waals surface area contributed by atoms with Crippen LogP contribution >= 0.6 is 0 Å². The first-order valence-electron chi connectivity index (χ1n) is 9.23. The molecular weight excluding hydrogens is 397 g/mol. The van der Waals surface area contributed by atoms with Crippen molar-refractivity contribution in [3.05, 3.63) is 47.1 Å². The summed E-state index contributed by atoms with van der Waals surface area (Å²) in [6.07, 6.45) is 0.317. The minimum Gasteiger partial charge on any atom is -0.361 e. The Kier molecular flexibility index (Phi) is 6.62. The lowest BCUT2D eigenvalue weighted by atomic mass is 10.0. The summed E-state index contributed by atoms with van der Waals surface area (Å²) >= 11 is 0. The van der Waals surface area contributed by atoms with E-state index >= 15 is 0 Å². The number of carbonyl (C=O) groups is 1. The fourth-order valence-electron chi connectivity index (χ4n) is 2.91. The summed E-state index contributed by atoms with van der Waals surface area (Å²) in [7, 11) is -3.71. The summed E-state index contributed by atoms with van der Waals surface area (Å²) in [5.41, 5.74) is 0.677. The van der Waals surface area contributed by atoms with Crippen LogP contribution in [-0.2, 0) is 9.84 Å². The molecule has 9 heteroatoms. The molecular formula is C20H26FN3O4S. The van der Waals surface area contributed by atoms with Crippen molar-refractivity contribution in [2.24, 2.45) is 0 Å². The van der Waals surface area contributed by atoms with E-state index in [1.165, 1.54) is 38.1 Å². The third-order valence-electron chi connectivity index (χ3n) is 4.97. The minimum atomic E-state index is -3.71. The summed E-state index contributed by atoms with van der Waals surface area (Å²) in [6.45, 7) is 7.97. The van der Waals surface area contributed by atoms with E-state index < -0.39 is 32.2 Å². The van der Waals surface area contributed by atoms with Gasteiger partial charge in [0.2, 0.25) is 0 Å². The summed E-state index contributed by atoms with van der Waals surface area (Å²) in [6, 6.07) is 5.46. The van der Waals surface area contributed by atoms with Crippen LogP contribution in [0.5, 0.6) is 0 Å². The van der Waals surface area contributed by atoms with Gasteiger partial charge in [0.15, 0.2) is 15.5 Å². The van der Waals surface area contributed by atoms with Crippen LogP contribution in [0.4, 0.5) is 10.1 Å². The Bertz CT molecular complexity index is 1030. The number of nitrogens with one attached hydrogen (secondary N) is 2. The molecule has 2 N–H and O–H groups in total. The molecule has 0 aliphatic rings. The summed E-state index contributed by atoms with van der Waals surface area (Å²) in [5.74, 6) is -1.59. The monoisotopic (exact) mass is 423 g/mol. The molecule has 1 unspecified atom stereocenters.